The van der Waals surface area contributed by atoms with Gasteiger partial charge in [-0.05, 0) is 0 Å². The topological polar surface area (TPSA) is 54.4 Å². The van der Waals surface area contributed by atoms with Crippen LogP contribution in [-0.2, 0) is 10.1 Å². The second kappa shape index (κ2) is 3.65. The quantitative estimate of drug-likeness (QED) is 0.545. The van der Waals surface area contributed by atoms with Crippen LogP contribution in [0.2, 0.25) is 0 Å². The van der Waals surface area contributed by atoms with Crippen molar-refractivity contribution in [1.82, 2.24) is 0 Å². The van der Waals surface area contributed by atoms with Gasteiger partial charge in [-0.1, -0.05) is 0 Å². The molecule has 0 aromatic rings. The van der Waals surface area contributed by atoms with Gasteiger partial charge >= 0.3 is 0 Å². The Morgan fingerprint density at radius 3 is 1.64 bits per heavy atom. The summed E-state index contributed by atoms with van der Waals surface area (Å²) in [5.41, 5.74) is 0. The Hall–Kier alpha value is -0.370. The largest absolute Gasteiger partial charge is 0.285 e. The van der Waals surface area contributed by atoms with E-state index in [-0.39, 0.29) is 0 Å². The van der Waals surface area contributed by atoms with E-state index in [0.717, 1.165) is 0 Å². The standard InChI is InChI=1S/C6H8F4O3S/c7-2-1-3(8)5(10)6(4(2)9)14(11,12)13/h2-6H,1H2,(H,11,12,13). The summed E-state index contributed by atoms with van der Waals surface area (Å²) in [7, 11) is -5.12. The first-order chi connectivity index (χ1) is 6.25. The van der Waals surface area contributed by atoms with E-state index in [2.05, 4.69) is 0 Å². The van der Waals surface area contributed by atoms with Crippen LogP contribution in [0.15, 0.2) is 0 Å². The normalized spacial score (nSPS) is 45.1. The summed E-state index contributed by atoms with van der Waals surface area (Å²) in [6, 6.07) is 0. The maximum absolute atomic E-state index is 12.8. The molecule has 0 radical (unpaired) electrons. The minimum Gasteiger partial charge on any atom is -0.285 e. The van der Waals surface area contributed by atoms with Crippen LogP contribution in [0.5, 0.6) is 0 Å². The molecular weight excluding hydrogens is 228 g/mol. The van der Waals surface area contributed by atoms with Gasteiger partial charge in [-0.3, -0.25) is 4.55 Å². The van der Waals surface area contributed by atoms with Crippen LogP contribution in [-0.4, -0.2) is 42.9 Å². The third-order valence-corrected chi connectivity index (χ3v) is 3.32. The smallest absolute Gasteiger partial charge is 0.273 e. The average molecular weight is 236 g/mol. The average Bonchev–Trinajstić information content (AvgIpc) is 1.98. The van der Waals surface area contributed by atoms with Crippen molar-refractivity contribution in [1.29, 1.82) is 0 Å². The maximum atomic E-state index is 12.8. The molecule has 0 amide bonds. The highest BCUT2D eigenvalue weighted by atomic mass is 32.2. The highest BCUT2D eigenvalue weighted by molar-refractivity contribution is 7.86. The van der Waals surface area contributed by atoms with Gasteiger partial charge in [0.25, 0.3) is 10.1 Å². The number of hydrogen-bond acceptors (Lipinski definition) is 2. The minimum atomic E-state index is -5.12. The van der Waals surface area contributed by atoms with E-state index < -0.39 is 46.5 Å². The summed E-state index contributed by atoms with van der Waals surface area (Å²) in [4.78, 5) is 0. The van der Waals surface area contributed by atoms with Crippen LogP contribution in [0.25, 0.3) is 0 Å². The fraction of sp³-hybridized carbons (Fsp3) is 1.00. The zero-order valence-corrected chi connectivity index (χ0v) is 7.59. The van der Waals surface area contributed by atoms with Crippen molar-refractivity contribution in [3.8, 4) is 0 Å². The fourth-order valence-corrected chi connectivity index (χ4v) is 2.39. The van der Waals surface area contributed by atoms with Crippen molar-refractivity contribution in [3.63, 3.8) is 0 Å². The molecule has 0 aromatic carbocycles. The molecule has 0 aromatic heterocycles. The first-order valence-corrected chi connectivity index (χ1v) is 5.28. The van der Waals surface area contributed by atoms with Crippen LogP contribution in [0.3, 0.4) is 0 Å². The molecule has 84 valence electrons. The Bertz CT molecular complexity index is 292. The molecule has 0 bridgehead atoms. The Kier molecular flexibility index (Phi) is 3.05. The zero-order chi connectivity index (χ0) is 11.1. The molecule has 0 saturated heterocycles. The zero-order valence-electron chi connectivity index (χ0n) is 6.78. The monoisotopic (exact) mass is 236 g/mol. The molecule has 1 rings (SSSR count). The molecule has 0 spiro atoms. The van der Waals surface area contributed by atoms with Crippen molar-refractivity contribution in [2.45, 2.75) is 36.4 Å². The van der Waals surface area contributed by atoms with Gasteiger partial charge in [-0.25, -0.2) is 17.6 Å². The van der Waals surface area contributed by atoms with E-state index in [1.165, 1.54) is 0 Å². The number of hydrogen-bond donors (Lipinski definition) is 1. The van der Waals surface area contributed by atoms with Crippen LogP contribution in [0.4, 0.5) is 17.6 Å². The predicted molar refractivity (Wildman–Crippen MR) is 39.5 cm³/mol. The Morgan fingerprint density at radius 1 is 1.00 bits per heavy atom. The molecule has 8 heteroatoms. The summed E-state index contributed by atoms with van der Waals surface area (Å²) < 4.78 is 80.2. The van der Waals surface area contributed by atoms with Crippen molar-refractivity contribution in [2.24, 2.45) is 0 Å². The van der Waals surface area contributed by atoms with E-state index in [9.17, 15) is 26.0 Å². The molecule has 1 N–H and O–H groups in total. The van der Waals surface area contributed by atoms with E-state index >= 15 is 0 Å². The van der Waals surface area contributed by atoms with Crippen LogP contribution in [0, 0.1) is 0 Å². The van der Waals surface area contributed by atoms with E-state index in [4.69, 9.17) is 4.55 Å². The van der Waals surface area contributed by atoms with Gasteiger partial charge < -0.3 is 0 Å². The van der Waals surface area contributed by atoms with Gasteiger partial charge in [0.1, 0.15) is 12.3 Å². The first-order valence-electron chi connectivity index (χ1n) is 3.77. The molecule has 3 nitrogen and oxygen atoms in total. The highest BCUT2D eigenvalue weighted by Gasteiger charge is 2.52. The van der Waals surface area contributed by atoms with Crippen LogP contribution in [0.1, 0.15) is 6.42 Å². The van der Waals surface area contributed by atoms with Gasteiger partial charge in [0.15, 0.2) is 17.6 Å². The Balaban J connectivity index is 3.00. The number of halogens is 4. The van der Waals surface area contributed by atoms with Crippen molar-refractivity contribution in [3.05, 3.63) is 0 Å². The predicted octanol–water partition coefficient (Wildman–Crippen LogP) is 0.999. The minimum absolute atomic E-state index is 1.03. The van der Waals surface area contributed by atoms with Crippen LogP contribution >= 0.6 is 0 Å². The lowest BCUT2D eigenvalue weighted by atomic mass is 9.93. The molecule has 1 fully saturated rings. The van der Waals surface area contributed by atoms with Gasteiger partial charge in [-0.2, -0.15) is 8.42 Å². The Labute approximate surface area is 77.8 Å². The van der Waals surface area contributed by atoms with Crippen molar-refractivity contribution in [2.75, 3.05) is 0 Å². The molecule has 1 saturated carbocycles. The third kappa shape index (κ3) is 2.00. The van der Waals surface area contributed by atoms with Gasteiger partial charge in [0.2, 0.25) is 0 Å². The van der Waals surface area contributed by atoms with Gasteiger partial charge in [0.05, 0.1) is 0 Å². The summed E-state index contributed by atoms with van der Waals surface area (Å²) in [6.07, 6.45) is -11.3. The van der Waals surface area contributed by atoms with E-state index in [1.807, 2.05) is 0 Å². The third-order valence-electron chi connectivity index (χ3n) is 2.11. The molecule has 14 heavy (non-hydrogen) atoms. The molecule has 4 atom stereocenters. The Morgan fingerprint density at radius 2 is 1.36 bits per heavy atom. The summed E-state index contributed by atoms with van der Waals surface area (Å²) >= 11 is 0. The molecule has 4 unspecified atom stereocenters. The summed E-state index contributed by atoms with van der Waals surface area (Å²) in [5, 5.41) is -2.67. The van der Waals surface area contributed by atoms with E-state index in [0.29, 0.717) is 0 Å². The molecule has 0 heterocycles. The lowest BCUT2D eigenvalue weighted by Gasteiger charge is -2.31. The van der Waals surface area contributed by atoms with Gasteiger partial charge in [0, 0.05) is 6.42 Å². The SMILES string of the molecule is O=S(=O)(O)C1C(F)C(F)CC(F)C1F. The fourth-order valence-electron chi connectivity index (χ4n) is 1.39. The number of alkyl halides is 4. The second-order valence-corrected chi connectivity index (χ2v) is 4.71. The lowest BCUT2D eigenvalue weighted by molar-refractivity contribution is 0.0163. The van der Waals surface area contributed by atoms with Crippen LogP contribution < -0.4 is 0 Å². The summed E-state index contributed by atoms with van der Waals surface area (Å²) in [6.45, 7) is 0. The molecule has 1 aliphatic carbocycles. The number of rotatable bonds is 1. The lowest BCUT2D eigenvalue weighted by Crippen LogP contribution is -2.53. The van der Waals surface area contributed by atoms with E-state index in [1.54, 1.807) is 0 Å². The molecule has 1 aliphatic rings. The molecular formula is C6H8F4O3S. The highest BCUT2D eigenvalue weighted by Crippen LogP contribution is 2.32. The van der Waals surface area contributed by atoms with Crippen molar-refractivity contribution < 1.29 is 30.5 Å². The van der Waals surface area contributed by atoms with Crippen molar-refractivity contribution >= 4 is 10.1 Å². The van der Waals surface area contributed by atoms with Gasteiger partial charge in [-0.15, -0.1) is 0 Å². The molecule has 0 aliphatic heterocycles. The summed E-state index contributed by atoms with van der Waals surface area (Å²) in [5.74, 6) is 0. The first kappa shape index (κ1) is 11.7. The second-order valence-electron chi connectivity index (χ2n) is 3.14. The maximum Gasteiger partial charge on any atom is 0.273 e.